The van der Waals surface area contributed by atoms with Crippen LogP contribution in [0.15, 0.2) is 60.8 Å². The molecule has 1 aromatic heterocycles. The minimum absolute atomic E-state index is 0.145. The predicted octanol–water partition coefficient (Wildman–Crippen LogP) is 2.66. The number of hydrogen-bond acceptors (Lipinski definition) is 3. The van der Waals surface area contributed by atoms with Gasteiger partial charge in [-0.25, -0.2) is 5.48 Å². The minimum Gasteiger partial charge on any atom is -0.361 e. The van der Waals surface area contributed by atoms with E-state index in [1.807, 2.05) is 24.4 Å². The van der Waals surface area contributed by atoms with Crippen LogP contribution in [0.2, 0.25) is 0 Å². The molecule has 0 fully saturated rings. The Hall–Kier alpha value is -3.38. The van der Waals surface area contributed by atoms with Crippen molar-refractivity contribution in [2.45, 2.75) is 6.42 Å². The number of carbonyl (C=O) groups is 2. The molecule has 6 heteroatoms. The molecule has 0 saturated carbocycles. The number of hydrogen-bond donors (Lipinski definition) is 4. The van der Waals surface area contributed by atoms with E-state index in [1.165, 1.54) is 22.5 Å². The quantitative estimate of drug-likeness (QED) is 0.313. The number of fused-ring (bicyclic) bond motifs is 1. The molecular formula is C20H19N3O3. The molecule has 0 spiro atoms. The monoisotopic (exact) mass is 349 g/mol. The lowest BCUT2D eigenvalue weighted by Gasteiger charge is -2.05. The molecule has 0 radical (unpaired) electrons. The number of rotatable bonds is 6. The first kappa shape index (κ1) is 17.4. The van der Waals surface area contributed by atoms with Crippen molar-refractivity contribution >= 4 is 28.8 Å². The van der Waals surface area contributed by atoms with Crippen molar-refractivity contribution in [2.24, 2.45) is 0 Å². The lowest BCUT2D eigenvalue weighted by atomic mass is 10.1. The van der Waals surface area contributed by atoms with Crippen LogP contribution in [-0.2, 0) is 11.2 Å². The van der Waals surface area contributed by atoms with Crippen LogP contribution in [-0.4, -0.2) is 28.6 Å². The number of nitrogens with one attached hydrogen (secondary N) is 3. The van der Waals surface area contributed by atoms with Crippen LogP contribution in [0.25, 0.3) is 17.0 Å². The Kier molecular flexibility index (Phi) is 5.46. The highest BCUT2D eigenvalue weighted by Crippen LogP contribution is 2.17. The Morgan fingerprint density at radius 2 is 1.85 bits per heavy atom. The summed E-state index contributed by atoms with van der Waals surface area (Å²) < 4.78 is 0. The average molecular weight is 349 g/mol. The smallest absolute Gasteiger partial charge is 0.267 e. The van der Waals surface area contributed by atoms with E-state index in [1.54, 1.807) is 30.3 Å². The number of hydroxylamine groups is 1. The van der Waals surface area contributed by atoms with Gasteiger partial charge in [-0.15, -0.1) is 0 Å². The molecule has 0 aliphatic rings. The number of H-pyrrole nitrogens is 1. The van der Waals surface area contributed by atoms with Gasteiger partial charge in [0.15, 0.2) is 0 Å². The molecule has 4 N–H and O–H groups in total. The molecule has 2 aromatic carbocycles. The first-order valence-electron chi connectivity index (χ1n) is 8.23. The molecule has 0 bridgehead atoms. The van der Waals surface area contributed by atoms with E-state index in [0.717, 1.165) is 17.5 Å². The summed E-state index contributed by atoms with van der Waals surface area (Å²) in [5.74, 6) is -0.752. The molecule has 0 aliphatic carbocycles. The zero-order valence-electron chi connectivity index (χ0n) is 14.0. The molecule has 2 amide bonds. The largest absolute Gasteiger partial charge is 0.361 e. The summed E-state index contributed by atoms with van der Waals surface area (Å²) in [6.45, 7) is 0.541. The molecule has 0 saturated heterocycles. The lowest BCUT2D eigenvalue weighted by Crippen LogP contribution is -2.25. The Morgan fingerprint density at radius 3 is 2.62 bits per heavy atom. The number of amides is 2. The summed E-state index contributed by atoms with van der Waals surface area (Å²) in [5, 5.41) is 12.5. The third-order valence-corrected chi connectivity index (χ3v) is 4.07. The molecule has 3 aromatic rings. The first-order chi connectivity index (χ1) is 12.7. The van der Waals surface area contributed by atoms with E-state index >= 15 is 0 Å². The van der Waals surface area contributed by atoms with Gasteiger partial charge in [0, 0.05) is 35.3 Å². The average Bonchev–Trinajstić information content (AvgIpc) is 3.09. The molecule has 26 heavy (non-hydrogen) atoms. The number of aromatic nitrogens is 1. The van der Waals surface area contributed by atoms with Gasteiger partial charge >= 0.3 is 0 Å². The zero-order chi connectivity index (χ0) is 18.4. The van der Waals surface area contributed by atoms with E-state index in [9.17, 15) is 9.59 Å². The Bertz CT molecular complexity index is 942. The third kappa shape index (κ3) is 4.17. The van der Waals surface area contributed by atoms with Gasteiger partial charge in [0.25, 0.3) is 11.8 Å². The molecule has 6 nitrogen and oxygen atoms in total. The second kappa shape index (κ2) is 8.13. The normalized spacial score (nSPS) is 11.0. The summed E-state index contributed by atoms with van der Waals surface area (Å²) >= 11 is 0. The number of aromatic amines is 1. The van der Waals surface area contributed by atoms with Crippen LogP contribution in [0, 0.1) is 0 Å². The van der Waals surface area contributed by atoms with Crippen molar-refractivity contribution in [3.8, 4) is 0 Å². The van der Waals surface area contributed by atoms with Gasteiger partial charge < -0.3 is 10.3 Å². The maximum atomic E-state index is 12.2. The maximum Gasteiger partial charge on any atom is 0.267 e. The molecule has 1 heterocycles. The number of para-hydroxylation sites is 1. The number of carbonyl (C=O) groups excluding carboxylic acids is 2. The molecule has 0 aliphatic heterocycles. The van der Waals surface area contributed by atoms with Crippen molar-refractivity contribution in [3.05, 3.63) is 77.5 Å². The summed E-state index contributed by atoms with van der Waals surface area (Å²) in [6.07, 6.45) is 5.47. The Balaban J connectivity index is 1.55. The van der Waals surface area contributed by atoms with Crippen molar-refractivity contribution in [2.75, 3.05) is 6.54 Å². The second-order valence-corrected chi connectivity index (χ2v) is 5.80. The van der Waals surface area contributed by atoms with Crippen LogP contribution in [0.4, 0.5) is 0 Å². The van der Waals surface area contributed by atoms with Crippen LogP contribution < -0.4 is 10.8 Å². The highest BCUT2D eigenvalue weighted by atomic mass is 16.5. The molecule has 132 valence electrons. The number of benzene rings is 2. The van der Waals surface area contributed by atoms with Gasteiger partial charge in [-0.1, -0.05) is 30.3 Å². The SMILES string of the molecule is O=C(/C=C/c1ccc(C(=O)NCCc2c[nH]c3ccccc23)cc1)NO. The minimum atomic E-state index is -0.607. The summed E-state index contributed by atoms with van der Waals surface area (Å²) in [4.78, 5) is 26.4. The highest BCUT2D eigenvalue weighted by Gasteiger charge is 2.06. The maximum absolute atomic E-state index is 12.2. The fourth-order valence-corrected chi connectivity index (χ4v) is 2.71. The van der Waals surface area contributed by atoms with E-state index in [4.69, 9.17) is 5.21 Å². The zero-order valence-corrected chi connectivity index (χ0v) is 14.0. The van der Waals surface area contributed by atoms with Gasteiger partial charge in [0.05, 0.1) is 0 Å². The Morgan fingerprint density at radius 1 is 1.08 bits per heavy atom. The van der Waals surface area contributed by atoms with E-state index in [0.29, 0.717) is 12.1 Å². The van der Waals surface area contributed by atoms with Crippen LogP contribution in [0.1, 0.15) is 21.5 Å². The van der Waals surface area contributed by atoms with E-state index in [2.05, 4.69) is 16.4 Å². The standard InChI is InChI=1S/C20H19N3O3/c24-19(23-26)10-7-14-5-8-15(9-6-14)20(25)21-12-11-16-13-22-18-4-2-1-3-17(16)18/h1-10,13,22,26H,11-12H2,(H,21,25)(H,23,24)/b10-7+. The first-order valence-corrected chi connectivity index (χ1v) is 8.23. The second-order valence-electron chi connectivity index (χ2n) is 5.80. The Labute approximate surface area is 150 Å². The summed E-state index contributed by atoms with van der Waals surface area (Å²) in [5.41, 5.74) is 5.08. The van der Waals surface area contributed by atoms with Crippen LogP contribution >= 0.6 is 0 Å². The van der Waals surface area contributed by atoms with E-state index < -0.39 is 5.91 Å². The van der Waals surface area contributed by atoms with Gasteiger partial charge in [-0.3, -0.25) is 14.8 Å². The van der Waals surface area contributed by atoms with E-state index in [-0.39, 0.29) is 5.91 Å². The highest BCUT2D eigenvalue weighted by molar-refractivity contribution is 5.95. The van der Waals surface area contributed by atoms with Gasteiger partial charge in [-0.2, -0.15) is 0 Å². The molecule has 0 unspecified atom stereocenters. The fraction of sp³-hybridized carbons (Fsp3) is 0.100. The van der Waals surface area contributed by atoms with Crippen LogP contribution in [0.5, 0.6) is 0 Å². The van der Waals surface area contributed by atoms with Crippen molar-refractivity contribution in [1.29, 1.82) is 0 Å². The van der Waals surface area contributed by atoms with Crippen molar-refractivity contribution in [3.63, 3.8) is 0 Å². The van der Waals surface area contributed by atoms with Gasteiger partial charge in [-0.05, 0) is 41.8 Å². The third-order valence-electron chi connectivity index (χ3n) is 4.07. The summed E-state index contributed by atoms with van der Waals surface area (Å²) in [6, 6.07) is 14.9. The molecule has 3 rings (SSSR count). The van der Waals surface area contributed by atoms with Gasteiger partial charge in [0.2, 0.25) is 0 Å². The summed E-state index contributed by atoms with van der Waals surface area (Å²) in [7, 11) is 0. The fourth-order valence-electron chi connectivity index (χ4n) is 2.71. The lowest BCUT2D eigenvalue weighted by molar-refractivity contribution is -0.124. The van der Waals surface area contributed by atoms with Crippen molar-refractivity contribution in [1.82, 2.24) is 15.8 Å². The molecular weight excluding hydrogens is 330 g/mol. The van der Waals surface area contributed by atoms with Crippen molar-refractivity contribution < 1.29 is 14.8 Å². The van der Waals surface area contributed by atoms with Gasteiger partial charge in [0.1, 0.15) is 0 Å². The topological polar surface area (TPSA) is 94.2 Å². The molecule has 0 atom stereocenters. The van der Waals surface area contributed by atoms with Crippen LogP contribution in [0.3, 0.4) is 0 Å². The predicted molar refractivity (Wildman–Crippen MR) is 99.7 cm³/mol.